The normalized spacial score (nSPS) is 20.4. The minimum atomic E-state index is -0.536. The van der Waals surface area contributed by atoms with E-state index in [1.807, 2.05) is 25.7 Å². The number of halogens is 1. The van der Waals surface area contributed by atoms with Gasteiger partial charge in [0.2, 0.25) is 0 Å². The fourth-order valence-electron chi connectivity index (χ4n) is 4.56. The number of nitriles is 1. The zero-order chi connectivity index (χ0) is 24.7. The van der Waals surface area contributed by atoms with Crippen LogP contribution in [0.5, 0.6) is 11.5 Å². The number of hydrogen-bond acceptors (Lipinski definition) is 7. The van der Waals surface area contributed by atoms with Crippen LogP contribution in [0, 0.1) is 17.2 Å². The zero-order valence-electron chi connectivity index (χ0n) is 20.3. The summed E-state index contributed by atoms with van der Waals surface area (Å²) < 4.78 is 11.8. The molecule has 1 saturated heterocycles. The molecule has 0 radical (unpaired) electrons. The van der Waals surface area contributed by atoms with E-state index in [2.05, 4.69) is 16.0 Å². The summed E-state index contributed by atoms with van der Waals surface area (Å²) in [4.78, 5) is 25.9. The van der Waals surface area contributed by atoms with Crippen LogP contribution in [0.15, 0.2) is 24.4 Å². The highest BCUT2D eigenvalue weighted by Crippen LogP contribution is 2.46. The first kappa shape index (κ1) is 23.7. The van der Waals surface area contributed by atoms with Crippen molar-refractivity contribution < 1.29 is 14.3 Å². The molecule has 1 amide bonds. The molecule has 2 aromatic heterocycles. The lowest BCUT2D eigenvalue weighted by Crippen LogP contribution is -2.57. The van der Waals surface area contributed by atoms with E-state index in [0.717, 1.165) is 31.4 Å². The number of pyridine rings is 2. The van der Waals surface area contributed by atoms with Gasteiger partial charge in [-0.05, 0) is 58.4 Å². The Labute approximate surface area is 210 Å². The molecule has 1 atom stereocenters. The van der Waals surface area contributed by atoms with E-state index in [9.17, 15) is 10.1 Å². The van der Waals surface area contributed by atoms with Gasteiger partial charge in [-0.2, -0.15) is 5.26 Å². The Kier molecular flexibility index (Phi) is 6.22. The molecule has 9 heteroatoms. The second-order valence-electron chi connectivity index (χ2n) is 10.6. The van der Waals surface area contributed by atoms with Crippen molar-refractivity contribution in [2.45, 2.75) is 64.0 Å². The average molecular weight is 496 g/mol. The topological polar surface area (TPSA) is 91.6 Å². The summed E-state index contributed by atoms with van der Waals surface area (Å²) in [6.07, 6.45) is 5.62. The third kappa shape index (κ3) is 5.46. The molecule has 2 saturated carbocycles. The number of carbonyl (C=O) groups excluding carboxylic acids is 1. The van der Waals surface area contributed by atoms with Gasteiger partial charge in [-0.1, -0.05) is 11.6 Å². The predicted octanol–water partition coefficient (Wildman–Crippen LogP) is 5.51. The smallest absolute Gasteiger partial charge is 0.410 e. The minimum absolute atomic E-state index is 0.0474. The Morgan fingerprint density at radius 1 is 1.20 bits per heavy atom. The van der Waals surface area contributed by atoms with Crippen molar-refractivity contribution in [2.24, 2.45) is 5.92 Å². The number of ether oxygens (including phenoxy) is 2. The average Bonchev–Trinajstić information content (AvgIpc) is 3.70. The monoisotopic (exact) mass is 495 g/mol. The van der Waals surface area contributed by atoms with Crippen LogP contribution < -0.4 is 9.64 Å². The van der Waals surface area contributed by atoms with Crippen LogP contribution in [0.4, 0.5) is 10.6 Å². The third-order valence-electron chi connectivity index (χ3n) is 6.52. The van der Waals surface area contributed by atoms with Gasteiger partial charge in [0.15, 0.2) is 5.75 Å². The van der Waals surface area contributed by atoms with Gasteiger partial charge in [-0.3, -0.25) is 0 Å². The van der Waals surface area contributed by atoms with Crippen LogP contribution in [-0.2, 0) is 4.74 Å². The third-order valence-corrected chi connectivity index (χ3v) is 6.72. The van der Waals surface area contributed by atoms with E-state index in [-0.39, 0.29) is 12.1 Å². The highest BCUT2D eigenvalue weighted by molar-refractivity contribution is 6.29. The molecular weight excluding hydrogens is 466 g/mol. The first-order valence-corrected chi connectivity index (χ1v) is 12.6. The summed E-state index contributed by atoms with van der Waals surface area (Å²) in [5, 5.41) is 10.3. The van der Waals surface area contributed by atoms with Crippen molar-refractivity contribution >= 4 is 23.5 Å². The van der Waals surface area contributed by atoms with Gasteiger partial charge in [-0.25, -0.2) is 14.8 Å². The molecule has 0 N–H and O–H groups in total. The Morgan fingerprint density at radius 3 is 2.60 bits per heavy atom. The van der Waals surface area contributed by atoms with Crippen LogP contribution in [0.3, 0.4) is 0 Å². The molecule has 0 bridgehead atoms. The van der Waals surface area contributed by atoms with Gasteiger partial charge < -0.3 is 19.3 Å². The number of rotatable bonds is 5. The number of carbonyl (C=O) groups is 1. The second-order valence-corrected chi connectivity index (χ2v) is 11.0. The summed E-state index contributed by atoms with van der Waals surface area (Å²) in [7, 11) is 0. The fourth-order valence-corrected chi connectivity index (χ4v) is 4.73. The molecular formula is C26H30ClN5O3. The Morgan fingerprint density at radius 2 is 1.97 bits per heavy atom. The van der Waals surface area contributed by atoms with Crippen LogP contribution >= 0.6 is 11.6 Å². The number of hydrogen-bond donors (Lipinski definition) is 0. The van der Waals surface area contributed by atoms with E-state index >= 15 is 0 Å². The minimum Gasteiger partial charge on any atom is -0.455 e. The molecule has 184 valence electrons. The van der Waals surface area contributed by atoms with E-state index in [1.165, 1.54) is 0 Å². The van der Waals surface area contributed by atoms with Crippen LogP contribution in [-0.4, -0.2) is 52.2 Å². The highest BCUT2D eigenvalue weighted by atomic mass is 35.5. The van der Waals surface area contributed by atoms with E-state index in [0.29, 0.717) is 59.5 Å². The Bertz CT molecular complexity index is 1170. The lowest BCUT2D eigenvalue weighted by Gasteiger charge is -2.42. The standard InChI is InChI=1S/C26H30ClN5O3/c1-26(2,3)35-25(33)32-11-10-31(15-20(32)16-4-5-16)24-18(14-28)12-21(23(30-24)17-6-7-17)34-19-8-9-29-22(27)13-19/h8-9,12-13,16-17,20H,4-7,10-11,15H2,1-3H3. The number of anilines is 1. The molecule has 3 fully saturated rings. The fraction of sp³-hybridized carbons (Fsp3) is 0.538. The predicted molar refractivity (Wildman–Crippen MR) is 132 cm³/mol. The molecule has 1 unspecified atom stereocenters. The molecule has 2 aromatic rings. The molecule has 5 rings (SSSR count). The number of amides is 1. The Hall–Kier alpha value is -3.05. The van der Waals surface area contributed by atoms with Gasteiger partial charge in [-0.15, -0.1) is 0 Å². The molecule has 35 heavy (non-hydrogen) atoms. The van der Waals surface area contributed by atoms with Crippen molar-refractivity contribution in [2.75, 3.05) is 24.5 Å². The maximum Gasteiger partial charge on any atom is 0.410 e. The van der Waals surface area contributed by atoms with E-state index < -0.39 is 5.60 Å². The van der Waals surface area contributed by atoms with Gasteiger partial charge in [0, 0.05) is 43.9 Å². The summed E-state index contributed by atoms with van der Waals surface area (Å²) in [5.74, 6) is 2.59. The lowest BCUT2D eigenvalue weighted by molar-refractivity contribution is 0.0116. The van der Waals surface area contributed by atoms with Gasteiger partial charge in [0.05, 0.1) is 17.3 Å². The number of piperazine rings is 1. The summed E-state index contributed by atoms with van der Waals surface area (Å²) in [6, 6.07) is 7.53. The molecule has 3 heterocycles. The number of nitrogens with zero attached hydrogens (tertiary/aromatic N) is 5. The maximum absolute atomic E-state index is 12.9. The molecule has 0 spiro atoms. The van der Waals surface area contributed by atoms with Gasteiger partial charge >= 0.3 is 6.09 Å². The van der Waals surface area contributed by atoms with Crippen molar-refractivity contribution in [3.63, 3.8) is 0 Å². The quantitative estimate of drug-likeness (QED) is 0.505. The van der Waals surface area contributed by atoms with Crippen molar-refractivity contribution in [1.82, 2.24) is 14.9 Å². The van der Waals surface area contributed by atoms with Crippen LogP contribution in [0.1, 0.15) is 63.6 Å². The van der Waals surface area contributed by atoms with Crippen LogP contribution in [0.2, 0.25) is 5.15 Å². The summed E-state index contributed by atoms with van der Waals surface area (Å²) >= 11 is 6.02. The maximum atomic E-state index is 12.9. The highest BCUT2D eigenvalue weighted by Gasteiger charge is 2.43. The van der Waals surface area contributed by atoms with E-state index in [1.54, 1.807) is 24.4 Å². The molecule has 3 aliphatic rings. The summed E-state index contributed by atoms with van der Waals surface area (Å²) in [5.41, 5.74) is 0.792. The van der Waals surface area contributed by atoms with Crippen molar-refractivity contribution in [3.8, 4) is 17.6 Å². The molecule has 1 aliphatic heterocycles. The first-order valence-electron chi connectivity index (χ1n) is 12.2. The summed E-state index contributed by atoms with van der Waals surface area (Å²) in [6.45, 7) is 7.43. The largest absolute Gasteiger partial charge is 0.455 e. The second kappa shape index (κ2) is 9.19. The van der Waals surface area contributed by atoms with E-state index in [4.69, 9.17) is 26.1 Å². The zero-order valence-corrected chi connectivity index (χ0v) is 21.1. The van der Waals surface area contributed by atoms with Crippen LogP contribution in [0.25, 0.3) is 0 Å². The van der Waals surface area contributed by atoms with Gasteiger partial charge in [0.1, 0.15) is 28.4 Å². The first-order chi connectivity index (χ1) is 16.7. The number of aromatic nitrogens is 2. The van der Waals surface area contributed by atoms with Crippen molar-refractivity contribution in [1.29, 1.82) is 5.26 Å². The van der Waals surface area contributed by atoms with Crippen molar-refractivity contribution in [3.05, 3.63) is 40.8 Å². The van der Waals surface area contributed by atoms with Gasteiger partial charge in [0.25, 0.3) is 0 Å². The molecule has 2 aliphatic carbocycles. The molecule has 0 aromatic carbocycles. The Balaban J connectivity index is 1.42. The molecule has 8 nitrogen and oxygen atoms in total. The lowest BCUT2D eigenvalue weighted by atomic mass is 10.1. The SMILES string of the molecule is CC(C)(C)OC(=O)N1CCN(c2nc(C3CC3)c(Oc3ccnc(Cl)c3)cc2C#N)CC1C1CC1.